The van der Waals surface area contributed by atoms with Crippen LogP contribution in [0.15, 0.2) is 24.3 Å². The van der Waals surface area contributed by atoms with Crippen LogP contribution in [0.5, 0.6) is 0 Å². The number of nitrogens with one attached hydrogen (secondary N) is 1. The van der Waals surface area contributed by atoms with Crippen molar-refractivity contribution in [3.8, 4) is 0 Å². The van der Waals surface area contributed by atoms with Gasteiger partial charge in [-0.05, 0) is 44.5 Å². The average Bonchev–Trinajstić information content (AvgIpc) is 2.29. The molecular weight excluding hydrogens is 205 g/mol. The van der Waals surface area contributed by atoms with Crippen molar-refractivity contribution in [3.63, 3.8) is 0 Å². The van der Waals surface area contributed by atoms with Gasteiger partial charge in [-0.25, -0.2) is 4.39 Å². The maximum Gasteiger partial charge on any atom is 0.123 e. The third-order valence-corrected chi connectivity index (χ3v) is 2.49. The summed E-state index contributed by atoms with van der Waals surface area (Å²) in [5.41, 5.74) is 1.11. The van der Waals surface area contributed by atoms with Gasteiger partial charge in [-0.1, -0.05) is 12.1 Å². The number of halogens is 1. The summed E-state index contributed by atoms with van der Waals surface area (Å²) in [6.07, 6.45) is 0.999. The van der Waals surface area contributed by atoms with E-state index in [0.29, 0.717) is 0 Å². The summed E-state index contributed by atoms with van der Waals surface area (Å²) in [4.78, 5) is 0. The topological polar surface area (TPSA) is 21.3 Å². The molecule has 0 heterocycles. The minimum absolute atomic E-state index is 0.188. The smallest absolute Gasteiger partial charge is 0.123 e. The van der Waals surface area contributed by atoms with Gasteiger partial charge in [-0.2, -0.15) is 0 Å². The highest BCUT2D eigenvalue weighted by Gasteiger charge is 2.03. The highest BCUT2D eigenvalue weighted by Crippen LogP contribution is 2.12. The fourth-order valence-corrected chi connectivity index (χ4v) is 1.51. The molecule has 1 atom stereocenters. The van der Waals surface area contributed by atoms with Crippen LogP contribution in [0, 0.1) is 5.82 Å². The van der Waals surface area contributed by atoms with Crippen LogP contribution < -0.4 is 5.32 Å². The van der Waals surface area contributed by atoms with E-state index in [2.05, 4.69) is 12.2 Å². The highest BCUT2D eigenvalue weighted by molar-refractivity contribution is 5.19. The van der Waals surface area contributed by atoms with Gasteiger partial charge in [-0.3, -0.25) is 0 Å². The maximum absolute atomic E-state index is 12.7. The van der Waals surface area contributed by atoms with Gasteiger partial charge in [0.2, 0.25) is 0 Å². The molecule has 0 aliphatic rings. The molecule has 0 saturated carbocycles. The summed E-state index contributed by atoms with van der Waals surface area (Å²) >= 11 is 0. The molecule has 1 rings (SSSR count). The lowest BCUT2D eigenvalue weighted by Crippen LogP contribution is -2.20. The number of hydrogen-bond acceptors (Lipinski definition) is 2. The standard InChI is InChI=1S/C13H20FNO/c1-3-16-10-4-9-15-11(2)12-5-7-13(14)8-6-12/h5-8,11,15H,3-4,9-10H2,1-2H3/t11-/m1/s1. The lowest BCUT2D eigenvalue weighted by molar-refractivity contribution is 0.144. The molecule has 0 aromatic heterocycles. The Bertz CT molecular complexity index is 286. The second kappa shape index (κ2) is 7.36. The Hall–Kier alpha value is -0.930. The van der Waals surface area contributed by atoms with E-state index >= 15 is 0 Å². The predicted octanol–water partition coefficient (Wildman–Crippen LogP) is 2.90. The van der Waals surface area contributed by atoms with Crippen molar-refractivity contribution >= 4 is 0 Å². The normalized spacial score (nSPS) is 12.7. The number of rotatable bonds is 7. The molecule has 0 radical (unpaired) electrons. The summed E-state index contributed by atoms with van der Waals surface area (Å²) in [5, 5.41) is 3.37. The molecule has 0 spiro atoms. The van der Waals surface area contributed by atoms with Crippen molar-refractivity contribution in [2.75, 3.05) is 19.8 Å². The van der Waals surface area contributed by atoms with Gasteiger partial charge >= 0.3 is 0 Å². The van der Waals surface area contributed by atoms with Crippen LogP contribution in [-0.2, 0) is 4.74 Å². The SMILES string of the molecule is CCOCCCN[C@H](C)c1ccc(F)cc1. The molecular formula is C13H20FNO. The van der Waals surface area contributed by atoms with E-state index in [1.807, 2.05) is 19.1 Å². The Morgan fingerprint density at radius 3 is 2.62 bits per heavy atom. The molecule has 1 N–H and O–H groups in total. The van der Waals surface area contributed by atoms with Gasteiger partial charge in [0, 0.05) is 19.3 Å². The third kappa shape index (κ3) is 4.73. The number of benzene rings is 1. The van der Waals surface area contributed by atoms with Crippen molar-refractivity contribution in [2.24, 2.45) is 0 Å². The minimum atomic E-state index is -0.188. The minimum Gasteiger partial charge on any atom is -0.382 e. The molecule has 16 heavy (non-hydrogen) atoms. The molecule has 1 aromatic rings. The Kier molecular flexibility index (Phi) is 6.04. The number of hydrogen-bond donors (Lipinski definition) is 1. The molecule has 0 unspecified atom stereocenters. The van der Waals surface area contributed by atoms with E-state index in [1.54, 1.807) is 0 Å². The van der Waals surface area contributed by atoms with E-state index in [0.717, 1.165) is 31.7 Å². The van der Waals surface area contributed by atoms with Crippen molar-refractivity contribution in [2.45, 2.75) is 26.3 Å². The first-order valence-electron chi connectivity index (χ1n) is 5.80. The highest BCUT2D eigenvalue weighted by atomic mass is 19.1. The third-order valence-electron chi connectivity index (χ3n) is 2.49. The lowest BCUT2D eigenvalue weighted by atomic mass is 10.1. The molecule has 90 valence electrons. The van der Waals surface area contributed by atoms with Gasteiger partial charge in [0.1, 0.15) is 5.82 Å². The zero-order valence-electron chi connectivity index (χ0n) is 10.0. The van der Waals surface area contributed by atoms with Gasteiger partial charge in [0.25, 0.3) is 0 Å². The van der Waals surface area contributed by atoms with Crippen LogP contribution in [0.1, 0.15) is 31.9 Å². The number of ether oxygens (including phenoxy) is 1. The first kappa shape index (κ1) is 13.1. The molecule has 0 saturated heterocycles. The van der Waals surface area contributed by atoms with E-state index in [4.69, 9.17) is 4.74 Å². The van der Waals surface area contributed by atoms with Crippen molar-refractivity contribution < 1.29 is 9.13 Å². The fraction of sp³-hybridized carbons (Fsp3) is 0.538. The quantitative estimate of drug-likeness (QED) is 0.720. The molecule has 1 aromatic carbocycles. The fourth-order valence-electron chi connectivity index (χ4n) is 1.51. The first-order valence-corrected chi connectivity index (χ1v) is 5.80. The Morgan fingerprint density at radius 2 is 2.00 bits per heavy atom. The molecule has 0 bridgehead atoms. The molecule has 0 aliphatic heterocycles. The van der Waals surface area contributed by atoms with Crippen molar-refractivity contribution in [1.82, 2.24) is 5.32 Å². The Labute approximate surface area is 96.8 Å². The van der Waals surface area contributed by atoms with Gasteiger partial charge in [0.15, 0.2) is 0 Å². The summed E-state index contributed by atoms with van der Waals surface area (Å²) in [6, 6.07) is 6.87. The summed E-state index contributed by atoms with van der Waals surface area (Å²) < 4.78 is 18.0. The summed E-state index contributed by atoms with van der Waals surface area (Å²) in [5.74, 6) is -0.188. The van der Waals surface area contributed by atoms with Crippen LogP contribution in [0.4, 0.5) is 4.39 Å². The lowest BCUT2D eigenvalue weighted by Gasteiger charge is -2.14. The monoisotopic (exact) mass is 225 g/mol. The predicted molar refractivity (Wildman–Crippen MR) is 63.9 cm³/mol. The molecule has 3 heteroatoms. The average molecular weight is 225 g/mol. The van der Waals surface area contributed by atoms with Crippen LogP contribution in [0.3, 0.4) is 0 Å². The second-order valence-electron chi connectivity index (χ2n) is 3.78. The van der Waals surface area contributed by atoms with Crippen LogP contribution in [0.2, 0.25) is 0 Å². The van der Waals surface area contributed by atoms with E-state index in [1.165, 1.54) is 12.1 Å². The van der Waals surface area contributed by atoms with Gasteiger partial charge in [0.05, 0.1) is 0 Å². The van der Waals surface area contributed by atoms with Crippen LogP contribution >= 0.6 is 0 Å². The van der Waals surface area contributed by atoms with E-state index in [-0.39, 0.29) is 11.9 Å². The van der Waals surface area contributed by atoms with Crippen LogP contribution in [-0.4, -0.2) is 19.8 Å². The summed E-state index contributed by atoms with van der Waals surface area (Å²) in [7, 11) is 0. The largest absolute Gasteiger partial charge is 0.382 e. The van der Waals surface area contributed by atoms with E-state index in [9.17, 15) is 4.39 Å². The van der Waals surface area contributed by atoms with Gasteiger partial charge < -0.3 is 10.1 Å². The molecule has 0 fully saturated rings. The summed E-state index contributed by atoms with van der Waals surface area (Å²) in [6.45, 7) is 6.55. The molecule has 0 aliphatic carbocycles. The van der Waals surface area contributed by atoms with Gasteiger partial charge in [-0.15, -0.1) is 0 Å². The van der Waals surface area contributed by atoms with Crippen LogP contribution in [0.25, 0.3) is 0 Å². The zero-order chi connectivity index (χ0) is 11.8. The van der Waals surface area contributed by atoms with Crippen molar-refractivity contribution in [1.29, 1.82) is 0 Å². The Balaban J connectivity index is 2.24. The Morgan fingerprint density at radius 1 is 1.31 bits per heavy atom. The molecule has 0 amide bonds. The molecule has 2 nitrogen and oxygen atoms in total. The maximum atomic E-state index is 12.7. The second-order valence-corrected chi connectivity index (χ2v) is 3.78. The first-order chi connectivity index (χ1) is 7.74. The van der Waals surface area contributed by atoms with Crippen molar-refractivity contribution in [3.05, 3.63) is 35.6 Å². The zero-order valence-corrected chi connectivity index (χ0v) is 10.0. The van der Waals surface area contributed by atoms with E-state index < -0.39 is 0 Å².